The fraction of sp³-hybridized carbons (Fsp3) is 0.750. The van der Waals surface area contributed by atoms with Gasteiger partial charge in [-0.1, -0.05) is 13.3 Å². The molecular formula is C12H22O9. The zero-order valence-electron chi connectivity index (χ0n) is 11.8. The van der Waals surface area contributed by atoms with E-state index in [0.29, 0.717) is 6.61 Å². The molecule has 0 atom stereocenters. The first-order chi connectivity index (χ1) is 9.69. The fourth-order valence-corrected chi connectivity index (χ4v) is 1.13. The van der Waals surface area contributed by atoms with Crippen LogP contribution < -0.4 is 0 Å². The lowest BCUT2D eigenvalue weighted by molar-refractivity contribution is -0.170. The highest BCUT2D eigenvalue weighted by molar-refractivity contribution is 5.88. The Morgan fingerprint density at radius 1 is 1.00 bits per heavy atom. The van der Waals surface area contributed by atoms with E-state index >= 15 is 0 Å². The van der Waals surface area contributed by atoms with Crippen molar-refractivity contribution in [2.45, 2.75) is 38.2 Å². The molecular weight excluding hydrogens is 288 g/mol. The van der Waals surface area contributed by atoms with E-state index in [9.17, 15) is 14.4 Å². The highest BCUT2D eigenvalue weighted by Crippen LogP contribution is 2.15. The van der Waals surface area contributed by atoms with Gasteiger partial charge in [-0.25, -0.2) is 4.79 Å². The molecule has 0 fully saturated rings. The van der Waals surface area contributed by atoms with Gasteiger partial charge in [0.25, 0.3) is 0 Å². The van der Waals surface area contributed by atoms with Crippen LogP contribution in [0.1, 0.15) is 32.6 Å². The van der Waals surface area contributed by atoms with E-state index in [2.05, 4.69) is 6.92 Å². The highest BCUT2D eigenvalue weighted by Gasteiger charge is 2.40. The predicted octanol–water partition coefficient (Wildman–Crippen LogP) is -0.453. The lowest BCUT2D eigenvalue weighted by Crippen LogP contribution is -2.42. The van der Waals surface area contributed by atoms with Gasteiger partial charge in [0.1, 0.15) is 0 Å². The maximum absolute atomic E-state index is 10.3. The molecule has 0 heterocycles. The number of carboxylic acids is 3. The summed E-state index contributed by atoms with van der Waals surface area (Å²) in [6.07, 6.45) is -0.0330. The first-order valence-corrected chi connectivity index (χ1v) is 6.27. The molecule has 0 radical (unpaired) electrons. The van der Waals surface area contributed by atoms with Crippen molar-refractivity contribution < 1.29 is 44.7 Å². The van der Waals surface area contributed by atoms with Gasteiger partial charge < -0.3 is 30.3 Å². The molecule has 9 heteroatoms. The van der Waals surface area contributed by atoms with Crippen LogP contribution in [0.5, 0.6) is 0 Å². The molecule has 0 aromatic heterocycles. The van der Waals surface area contributed by atoms with E-state index in [1.165, 1.54) is 0 Å². The topological polar surface area (TPSA) is 162 Å². The maximum Gasteiger partial charge on any atom is 0.336 e. The Labute approximate surface area is 121 Å². The molecule has 0 aromatic rings. The summed E-state index contributed by atoms with van der Waals surface area (Å²) in [6.45, 7) is 3.53. The minimum atomic E-state index is -2.74. The van der Waals surface area contributed by atoms with Crippen LogP contribution in [-0.4, -0.2) is 68.9 Å². The van der Waals surface area contributed by atoms with Crippen LogP contribution in [0.2, 0.25) is 0 Å². The molecule has 0 bridgehead atoms. The summed E-state index contributed by atoms with van der Waals surface area (Å²) in [5.74, 6) is -5.02. The molecule has 0 aliphatic rings. The Morgan fingerprint density at radius 2 is 1.48 bits per heavy atom. The normalized spacial score (nSPS) is 10.4. The molecule has 0 spiro atoms. The second kappa shape index (κ2) is 12.1. The van der Waals surface area contributed by atoms with Crippen LogP contribution in [0.3, 0.4) is 0 Å². The first-order valence-electron chi connectivity index (χ1n) is 6.27. The largest absolute Gasteiger partial charge is 0.481 e. The average molecular weight is 310 g/mol. The SMILES string of the molecule is CCCCOCCO.O=C(O)CC(O)(CC(=O)O)C(=O)O. The fourth-order valence-electron chi connectivity index (χ4n) is 1.13. The second-order valence-corrected chi connectivity index (χ2v) is 4.17. The molecule has 5 N–H and O–H groups in total. The van der Waals surface area contributed by atoms with E-state index in [-0.39, 0.29) is 6.61 Å². The number of aliphatic carboxylic acids is 3. The third-order valence-electron chi connectivity index (χ3n) is 2.16. The van der Waals surface area contributed by atoms with Crippen molar-refractivity contribution in [1.29, 1.82) is 0 Å². The predicted molar refractivity (Wildman–Crippen MR) is 69.9 cm³/mol. The summed E-state index contributed by atoms with van der Waals surface area (Å²) < 4.78 is 4.97. The Balaban J connectivity index is 0. The zero-order chi connectivity index (χ0) is 16.9. The van der Waals surface area contributed by atoms with Crippen LogP contribution in [-0.2, 0) is 19.1 Å². The highest BCUT2D eigenvalue weighted by atomic mass is 16.5. The van der Waals surface area contributed by atoms with Crippen molar-refractivity contribution in [1.82, 2.24) is 0 Å². The summed E-state index contributed by atoms with van der Waals surface area (Å²) in [7, 11) is 0. The molecule has 0 aliphatic carbocycles. The Hall–Kier alpha value is -1.71. The summed E-state index contributed by atoms with van der Waals surface area (Å²) in [5, 5.41) is 42.1. The third kappa shape index (κ3) is 13.0. The van der Waals surface area contributed by atoms with E-state index in [0.717, 1.165) is 19.4 Å². The molecule has 21 heavy (non-hydrogen) atoms. The van der Waals surface area contributed by atoms with Crippen molar-refractivity contribution in [2.24, 2.45) is 0 Å². The van der Waals surface area contributed by atoms with E-state index in [1.807, 2.05) is 0 Å². The van der Waals surface area contributed by atoms with Gasteiger partial charge in [-0.3, -0.25) is 9.59 Å². The van der Waals surface area contributed by atoms with Gasteiger partial charge in [0, 0.05) is 6.61 Å². The minimum absolute atomic E-state index is 0.143. The molecule has 0 aromatic carbocycles. The first kappa shape index (κ1) is 21.6. The average Bonchev–Trinajstić information content (AvgIpc) is 2.33. The van der Waals surface area contributed by atoms with Crippen molar-refractivity contribution in [3.8, 4) is 0 Å². The quantitative estimate of drug-likeness (QED) is 0.336. The van der Waals surface area contributed by atoms with Crippen molar-refractivity contribution in [2.75, 3.05) is 19.8 Å². The molecule has 0 aliphatic heterocycles. The lowest BCUT2D eigenvalue weighted by Gasteiger charge is -2.18. The van der Waals surface area contributed by atoms with Gasteiger partial charge >= 0.3 is 17.9 Å². The van der Waals surface area contributed by atoms with E-state index in [1.54, 1.807) is 0 Å². The molecule has 0 saturated carbocycles. The number of unbranched alkanes of at least 4 members (excludes halogenated alkanes) is 1. The monoisotopic (exact) mass is 310 g/mol. The van der Waals surface area contributed by atoms with Crippen molar-refractivity contribution >= 4 is 17.9 Å². The van der Waals surface area contributed by atoms with Gasteiger partial charge in [-0.15, -0.1) is 0 Å². The lowest BCUT2D eigenvalue weighted by atomic mass is 9.96. The van der Waals surface area contributed by atoms with Gasteiger partial charge in [0.05, 0.1) is 26.1 Å². The summed E-state index contributed by atoms with van der Waals surface area (Å²) in [4.78, 5) is 30.5. The number of ether oxygens (including phenoxy) is 1. The molecule has 124 valence electrons. The number of aliphatic hydroxyl groups excluding tert-OH is 1. The number of carboxylic acid groups (broad SMARTS) is 3. The van der Waals surface area contributed by atoms with Crippen LogP contribution in [0.4, 0.5) is 0 Å². The van der Waals surface area contributed by atoms with Gasteiger partial charge in [-0.05, 0) is 6.42 Å². The van der Waals surface area contributed by atoms with Crippen LogP contribution in [0.25, 0.3) is 0 Å². The maximum atomic E-state index is 10.3. The van der Waals surface area contributed by atoms with E-state index in [4.69, 9.17) is 30.3 Å². The number of rotatable bonds is 10. The molecule has 0 amide bonds. The number of hydrogen-bond donors (Lipinski definition) is 5. The summed E-state index contributed by atoms with van der Waals surface area (Å²) in [6, 6.07) is 0. The van der Waals surface area contributed by atoms with Gasteiger partial charge in [0.15, 0.2) is 5.60 Å². The molecule has 9 nitrogen and oxygen atoms in total. The minimum Gasteiger partial charge on any atom is -0.481 e. The summed E-state index contributed by atoms with van der Waals surface area (Å²) in [5.41, 5.74) is -2.74. The molecule has 0 saturated heterocycles. The Bertz CT molecular complexity index is 305. The second-order valence-electron chi connectivity index (χ2n) is 4.17. The van der Waals surface area contributed by atoms with Crippen LogP contribution in [0.15, 0.2) is 0 Å². The number of aliphatic hydroxyl groups is 2. The summed E-state index contributed by atoms with van der Waals surface area (Å²) >= 11 is 0. The Morgan fingerprint density at radius 3 is 1.76 bits per heavy atom. The molecule has 0 rings (SSSR count). The Kier molecular flexibility index (Phi) is 12.4. The number of carbonyl (C=O) groups is 3. The number of hydrogen-bond acceptors (Lipinski definition) is 6. The van der Waals surface area contributed by atoms with Crippen molar-refractivity contribution in [3.63, 3.8) is 0 Å². The van der Waals surface area contributed by atoms with Crippen molar-refractivity contribution in [3.05, 3.63) is 0 Å². The third-order valence-corrected chi connectivity index (χ3v) is 2.16. The van der Waals surface area contributed by atoms with Crippen LogP contribution in [0, 0.1) is 0 Å². The van der Waals surface area contributed by atoms with E-state index < -0.39 is 36.4 Å². The standard InChI is InChI=1S/C6H8O7.C6H14O2/c7-3(8)1-6(13,5(11)12)2-4(9)10;1-2-3-5-8-6-4-7/h13H,1-2H2,(H,7,8)(H,9,10)(H,11,12);7H,2-6H2,1H3. The molecule has 0 unspecified atom stereocenters. The van der Waals surface area contributed by atoms with Gasteiger partial charge in [-0.2, -0.15) is 0 Å². The van der Waals surface area contributed by atoms with Crippen LogP contribution >= 0.6 is 0 Å². The smallest absolute Gasteiger partial charge is 0.336 e. The zero-order valence-corrected chi connectivity index (χ0v) is 11.8. The van der Waals surface area contributed by atoms with Gasteiger partial charge in [0.2, 0.25) is 0 Å².